The number of benzene rings is 2. The van der Waals surface area contributed by atoms with E-state index in [9.17, 15) is 9.18 Å². The molecule has 0 radical (unpaired) electrons. The highest BCUT2D eigenvalue weighted by Crippen LogP contribution is 2.32. The van der Waals surface area contributed by atoms with Crippen molar-refractivity contribution < 1.29 is 4.39 Å². The van der Waals surface area contributed by atoms with E-state index in [4.69, 9.17) is 9.97 Å². The number of pyridine rings is 1. The van der Waals surface area contributed by atoms with E-state index in [1.807, 2.05) is 29.2 Å². The Bertz CT molecular complexity index is 1400. The lowest BCUT2D eigenvalue weighted by molar-refractivity contribution is 0.479. The molecule has 2 aliphatic heterocycles. The minimum absolute atomic E-state index is 0.226. The van der Waals surface area contributed by atoms with Crippen molar-refractivity contribution in [2.24, 2.45) is 0 Å². The van der Waals surface area contributed by atoms with Crippen LogP contribution >= 0.6 is 0 Å². The van der Waals surface area contributed by atoms with Crippen LogP contribution in [0.2, 0.25) is 0 Å². The first kappa shape index (κ1) is 17.5. The van der Waals surface area contributed by atoms with E-state index in [1.165, 1.54) is 6.07 Å². The van der Waals surface area contributed by atoms with Crippen LogP contribution < -0.4 is 15.8 Å². The molecule has 0 amide bonds. The number of piperazine rings is 1. The zero-order chi connectivity index (χ0) is 20.4. The molecule has 150 valence electrons. The van der Waals surface area contributed by atoms with E-state index in [-0.39, 0.29) is 17.4 Å². The quantitative estimate of drug-likeness (QED) is 0.468. The van der Waals surface area contributed by atoms with Gasteiger partial charge in [0, 0.05) is 36.6 Å². The molecule has 6 rings (SSSR count). The Balaban J connectivity index is 1.55. The molecule has 2 aromatic carbocycles. The number of para-hydroxylation sites is 1. The third-order valence-corrected chi connectivity index (χ3v) is 6.08. The highest BCUT2D eigenvalue weighted by Gasteiger charge is 2.26. The molecule has 0 spiro atoms. The van der Waals surface area contributed by atoms with Gasteiger partial charge in [-0.15, -0.1) is 0 Å². The monoisotopic (exact) mass is 401 g/mol. The Morgan fingerprint density at radius 2 is 2.00 bits per heavy atom. The number of nitrogens with zero attached hydrogens (tertiary/aromatic N) is 4. The van der Waals surface area contributed by atoms with Crippen LogP contribution in [0.1, 0.15) is 12.5 Å². The van der Waals surface area contributed by atoms with E-state index in [0.717, 1.165) is 28.7 Å². The summed E-state index contributed by atoms with van der Waals surface area (Å²) in [6.07, 6.45) is 0. The van der Waals surface area contributed by atoms with Gasteiger partial charge in [-0.25, -0.2) is 14.4 Å². The van der Waals surface area contributed by atoms with Crippen LogP contribution in [0.5, 0.6) is 0 Å². The maximum absolute atomic E-state index is 15.0. The molecule has 0 unspecified atom stereocenters. The van der Waals surface area contributed by atoms with Crippen LogP contribution in [0, 0.1) is 5.82 Å². The highest BCUT2D eigenvalue weighted by molar-refractivity contribution is 5.87. The van der Waals surface area contributed by atoms with Gasteiger partial charge in [0.15, 0.2) is 5.82 Å². The molecule has 7 heteroatoms. The summed E-state index contributed by atoms with van der Waals surface area (Å²) in [5, 5.41) is 4.70. The number of fused-ring (bicyclic) bond motifs is 5. The van der Waals surface area contributed by atoms with Crippen LogP contribution in [0.15, 0.2) is 47.3 Å². The standard InChI is InChI=1S/C23H20FN5O/c1-13-11-28(7-6-25-13)20-10-19-16(9-17(20)24)23(30)29-12-15-8-14-4-2-3-5-18(14)26-21(15)22(29)27-19/h2-5,8-10,13,25H,6-7,11-12H2,1H3/t13-/m0/s1. The second-order valence-electron chi connectivity index (χ2n) is 8.14. The number of nitrogens with one attached hydrogen (secondary N) is 1. The summed E-state index contributed by atoms with van der Waals surface area (Å²) in [4.78, 5) is 24.7. The molecular formula is C23H20FN5O. The molecule has 1 atom stereocenters. The minimum Gasteiger partial charge on any atom is -0.366 e. The first-order chi connectivity index (χ1) is 14.6. The summed E-state index contributed by atoms with van der Waals surface area (Å²) in [5.74, 6) is 0.176. The van der Waals surface area contributed by atoms with E-state index >= 15 is 0 Å². The summed E-state index contributed by atoms with van der Waals surface area (Å²) >= 11 is 0. The van der Waals surface area contributed by atoms with Crippen LogP contribution in [-0.4, -0.2) is 40.2 Å². The Labute approximate surface area is 172 Å². The van der Waals surface area contributed by atoms with Gasteiger partial charge in [-0.05, 0) is 31.2 Å². The lowest BCUT2D eigenvalue weighted by Gasteiger charge is -2.33. The molecule has 2 aliphatic rings. The van der Waals surface area contributed by atoms with Crippen molar-refractivity contribution in [2.45, 2.75) is 19.5 Å². The SMILES string of the molecule is C[C@H]1CN(c2cc3nc4n(c(=O)c3cc2F)Cc2cc3ccccc3nc2-4)CCN1. The number of halogens is 1. The Morgan fingerprint density at radius 1 is 1.13 bits per heavy atom. The fourth-order valence-electron chi connectivity index (χ4n) is 4.60. The van der Waals surface area contributed by atoms with Crippen LogP contribution in [0.25, 0.3) is 33.3 Å². The molecule has 0 aliphatic carbocycles. The maximum Gasteiger partial charge on any atom is 0.262 e. The molecule has 0 saturated carbocycles. The van der Waals surface area contributed by atoms with Crippen LogP contribution in [-0.2, 0) is 6.54 Å². The lowest BCUT2D eigenvalue weighted by atomic mass is 10.1. The van der Waals surface area contributed by atoms with Crippen molar-refractivity contribution in [3.63, 3.8) is 0 Å². The maximum atomic E-state index is 15.0. The summed E-state index contributed by atoms with van der Waals surface area (Å²) in [7, 11) is 0. The van der Waals surface area contributed by atoms with Gasteiger partial charge in [0.1, 0.15) is 11.5 Å². The van der Waals surface area contributed by atoms with Gasteiger partial charge in [-0.2, -0.15) is 0 Å². The fourth-order valence-corrected chi connectivity index (χ4v) is 4.60. The Morgan fingerprint density at radius 3 is 2.87 bits per heavy atom. The van der Waals surface area contributed by atoms with Crippen molar-refractivity contribution in [3.8, 4) is 11.5 Å². The number of aromatic nitrogens is 3. The van der Waals surface area contributed by atoms with E-state index in [1.54, 1.807) is 10.6 Å². The molecule has 1 saturated heterocycles. The third-order valence-electron chi connectivity index (χ3n) is 6.08. The smallest absolute Gasteiger partial charge is 0.262 e. The summed E-state index contributed by atoms with van der Waals surface area (Å²) in [6, 6.07) is 13.3. The fraction of sp³-hybridized carbons (Fsp3) is 0.261. The van der Waals surface area contributed by atoms with Crippen molar-refractivity contribution in [1.82, 2.24) is 19.9 Å². The van der Waals surface area contributed by atoms with Gasteiger partial charge in [0.25, 0.3) is 5.56 Å². The molecule has 4 heterocycles. The summed E-state index contributed by atoms with van der Waals surface area (Å²) in [5.41, 5.74) is 3.35. The zero-order valence-corrected chi connectivity index (χ0v) is 16.5. The molecule has 2 aromatic heterocycles. The zero-order valence-electron chi connectivity index (χ0n) is 16.5. The summed E-state index contributed by atoms with van der Waals surface area (Å²) in [6.45, 7) is 4.71. The van der Waals surface area contributed by atoms with Gasteiger partial charge in [0.05, 0.1) is 28.7 Å². The van der Waals surface area contributed by atoms with Crippen molar-refractivity contribution in [2.75, 3.05) is 24.5 Å². The number of anilines is 1. The predicted molar refractivity (Wildman–Crippen MR) is 115 cm³/mol. The van der Waals surface area contributed by atoms with Gasteiger partial charge in [-0.3, -0.25) is 9.36 Å². The summed E-state index contributed by atoms with van der Waals surface area (Å²) < 4.78 is 16.6. The number of rotatable bonds is 1. The van der Waals surface area contributed by atoms with Crippen LogP contribution in [0.3, 0.4) is 0 Å². The first-order valence-electron chi connectivity index (χ1n) is 10.2. The molecule has 30 heavy (non-hydrogen) atoms. The first-order valence-corrected chi connectivity index (χ1v) is 10.2. The Kier molecular flexibility index (Phi) is 3.70. The molecule has 4 aromatic rings. The predicted octanol–water partition coefficient (Wildman–Crippen LogP) is 2.91. The number of hydrogen-bond acceptors (Lipinski definition) is 5. The van der Waals surface area contributed by atoms with E-state index < -0.39 is 0 Å². The third kappa shape index (κ3) is 2.55. The van der Waals surface area contributed by atoms with Gasteiger partial charge in [-0.1, -0.05) is 18.2 Å². The van der Waals surface area contributed by atoms with Gasteiger partial charge >= 0.3 is 0 Å². The molecule has 6 nitrogen and oxygen atoms in total. The molecular weight excluding hydrogens is 381 g/mol. The molecule has 1 fully saturated rings. The average Bonchev–Trinajstić information content (AvgIpc) is 3.10. The average molecular weight is 401 g/mol. The van der Waals surface area contributed by atoms with Gasteiger partial charge < -0.3 is 10.2 Å². The van der Waals surface area contributed by atoms with E-state index in [0.29, 0.717) is 42.0 Å². The highest BCUT2D eigenvalue weighted by atomic mass is 19.1. The minimum atomic E-state index is -0.379. The number of hydrogen-bond donors (Lipinski definition) is 1. The largest absolute Gasteiger partial charge is 0.366 e. The van der Waals surface area contributed by atoms with Crippen molar-refractivity contribution in [3.05, 3.63) is 64.2 Å². The Hall–Kier alpha value is -3.32. The molecule has 0 bridgehead atoms. The van der Waals surface area contributed by atoms with Crippen molar-refractivity contribution in [1.29, 1.82) is 0 Å². The van der Waals surface area contributed by atoms with Crippen LogP contribution in [0.4, 0.5) is 10.1 Å². The van der Waals surface area contributed by atoms with E-state index in [2.05, 4.69) is 18.3 Å². The lowest BCUT2D eigenvalue weighted by Crippen LogP contribution is -2.49. The molecule has 1 N–H and O–H groups in total. The second kappa shape index (κ2) is 6.34. The normalized spacial score (nSPS) is 18.1. The van der Waals surface area contributed by atoms with Crippen molar-refractivity contribution >= 4 is 27.5 Å². The second-order valence-corrected chi connectivity index (χ2v) is 8.14. The van der Waals surface area contributed by atoms with Gasteiger partial charge in [0.2, 0.25) is 0 Å². The topological polar surface area (TPSA) is 63.1 Å².